The molecule has 0 aliphatic heterocycles. The van der Waals surface area contributed by atoms with E-state index < -0.39 is 11.9 Å². The smallest absolute Gasteiger partial charge is 0.550 e. The van der Waals surface area contributed by atoms with Gasteiger partial charge < -0.3 is 19.8 Å². The van der Waals surface area contributed by atoms with Crippen molar-refractivity contribution in [3.05, 3.63) is 101 Å². The Morgan fingerprint density at radius 3 is 1.82 bits per heavy atom. The van der Waals surface area contributed by atoms with Crippen LogP contribution in [0, 0.1) is 0 Å². The molecule has 0 aliphatic carbocycles. The Hall–Kier alpha value is -4.21. The van der Waals surface area contributed by atoms with E-state index in [0.717, 1.165) is 30.5 Å². The van der Waals surface area contributed by atoms with Crippen molar-refractivity contribution in [3.8, 4) is 11.4 Å². The van der Waals surface area contributed by atoms with Crippen LogP contribution in [0.5, 0.6) is 0 Å². The van der Waals surface area contributed by atoms with Crippen LogP contribution < -0.4 is 15.6 Å². The van der Waals surface area contributed by atoms with E-state index >= 15 is 0 Å². The zero-order valence-electron chi connectivity index (χ0n) is 20.7. The first kappa shape index (κ1) is 31.8. The molecule has 3 aromatic carbocycles. The fourth-order valence-corrected chi connectivity index (χ4v) is 2.86. The van der Waals surface area contributed by atoms with E-state index in [1.807, 2.05) is 78.9 Å². The molecule has 10 nitrogen and oxygen atoms in total. The van der Waals surface area contributed by atoms with Crippen LogP contribution in [-0.2, 0) is 29.1 Å². The molecular weight excluding hydrogens is 561 g/mol. The van der Waals surface area contributed by atoms with Crippen LogP contribution in [0.15, 0.2) is 95.1 Å². The Morgan fingerprint density at radius 2 is 1.29 bits per heavy atom. The summed E-state index contributed by atoms with van der Waals surface area (Å²) in [6.07, 6.45) is 3.44. The Balaban J connectivity index is 0.000000709. The number of halogens is 1. The van der Waals surface area contributed by atoms with Gasteiger partial charge in [0.25, 0.3) is 5.95 Å². The molecular formula is C26H23ClN6O4Zn. The van der Waals surface area contributed by atoms with Crippen molar-refractivity contribution in [1.29, 1.82) is 0 Å². The fraction of sp³-hybridized carbons (Fsp3) is 0.0769. The Bertz CT molecular complexity index is 1330. The van der Waals surface area contributed by atoms with Gasteiger partial charge >= 0.3 is 19.5 Å². The van der Waals surface area contributed by atoms with E-state index in [2.05, 4.69) is 25.8 Å². The van der Waals surface area contributed by atoms with Crippen molar-refractivity contribution in [3.63, 3.8) is 0 Å². The number of benzene rings is 3. The van der Waals surface area contributed by atoms with Crippen molar-refractivity contribution in [2.24, 2.45) is 10.2 Å². The monoisotopic (exact) mass is 582 g/mol. The van der Waals surface area contributed by atoms with Crippen LogP contribution in [0.25, 0.3) is 11.4 Å². The summed E-state index contributed by atoms with van der Waals surface area (Å²) in [5.41, 5.74) is 5.55. The van der Waals surface area contributed by atoms with Crippen LogP contribution in [0.3, 0.4) is 0 Å². The molecule has 0 spiro atoms. The number of nitrogens with one attached hydrogen (secondary N) is 1. The van der Waals surface area contributed by atoms with Gasteiger partial charge in [-0.15, -0.1) is 10.2 Å². The van der Waals surface area contributed by atoms with Gasteiger partial charge in [0.2, 0.25) is 0 Å². The van der Waals surface area contributed by atoms with Crippen LogP contribution in [0.1, 0.15) is 25.0 Å². The maximum atomic E-state index is 8.89. The van der Waals surface area contributed by atoms with Gasteiger partial charge in [-0.2, -0.15) is 14.9 Å². The SMILES string of the molecule is CC(=O)[O-].CC(=O)[O-].Clc1ccccc1-c1nnc(N/N=C\c2ccccc2)n1/N=C\c1ccccc1.[Zn+2]. The molecule has 1 aromatic heterocycles. The molecule has 0 saturated heterocycles. The van der Waals surface area contributed by atoms with E-state index in [1.54, 1.807) is 23.2 Å². The second-order valence-electron chi connectivity index (χ2n) is 7.06. The average molecular weight is 584 g/mol. The number of aromatic nitrogens is 3. The summed E-state index contributed by atoms with van der Waals surface area (Å²) >= 11 is 6.36. The summed E-state index contributed by atoms with van der Waals surface area (Å²) < 4.78 is 1.58. The number of hydrogen-bond acceptors (Lipinski definition) is 9. The molecule has 1 N–H and O–H groups in total. The zero-order valence-corrected chi connectivity index (χ0v) is 24.4. The second-order valence-corrected chi connectivity index (χ2v) is 7.47. The Kier molecular flexibility index (Phi) is 14.5. The second kappa shape index (κ2) is 17.3. The third-order valence-corrected chi connectivity index (χ3v) is 4.38. The summed E-state index contributed by atoms with van der Waals surface area (Å²) in [6.45, 7) is 1.94. The van der Waals surface area contributed by atoms with Crippen molar-refractivity contribution >= 4 is 41.9 Å². The maximum absolute atomic E-state index is 8.89. The summed E-state index contributed by atoms with van der Waals surface area (Å²) in [4.78, 5) is 17.8. The van der Waals surface area contributed by atoms with E-state index in [4.69, 9.17) is 31.4 Å². The molecule has 0 unspecified atom stereocenters. The van der Waals surface area contributed by atoms with E-state index in [0.29, 0.717) is 16.8 Å². The van der Waals surface area contributed by atoms with Crippen molar-refractivity contribution in [2.45, 2.75) is 13.8 Å². The first-order chi connectivity index (χ1) is 17.8. The number of hydrogen-bond donors (Lipinski definition) is 1. The summed E-state index contributed by atoms with van der Waals surface area (Å²) in [5.74, 6) is -1.28. The van der Waals surface area contributed by atoms with Gasteiger partial charge in [0.15, 0.2) is 5.82 Å². The number of carboxylic acids is 2. The minimum absolute atomic E-state index is 0. The predicted octanol–water partition coefficient (Wildman–Crippen LogP) is 2.44. The van der Waals surface area contributed by atoms with Crippen molar-refractivity contribution in [1.82, 2.24) is 14.9 Å². The molecule has 0 amide bonds. The number of carboxylic acid groups (broad SMARTS) is 2. The van der Waals surface area contributed by atoms with Gasteiger partial charge in [-0.05, 0) is 37.1 Å². The Morgan fingerprint density at radius 1 is 0.816 bits per heavy atom. The summed E-state index contributed by atoms with van der Waals surface area (Å²) in [5, 5.41) is 35.6. The number of rotatable bonds is 6. The summed E-state index contributed by atoms with van der Waals surface area (Å²) in [6, 6.07) is 27.0. The van der Waals surface area contributed by atoms with Crippen LogP contribution in [-0.4, -0.2) is 39.2 Å². The number of anilines is 1. The average Bonchev–Trinajstić information content (AvgIpc) is 3.26. The number of carbonyl (C=O) groups is 2. The fourth-order valence-electron chi connectivity index (χ4n) is 2.64. The largest absolute Gasteiger partial charge is 2.00 e. The molecule has 0 atom stereocenters. The van der Waals surface area contributed by atoms with E-state index in [9.17, 15) is 0 Å². The van der Waals surface area contributed by atoms with Gasteiger partial charge in [0, 0.05) is 17.5 Å². The molecule has 4 rings (SSSR count). The maximum Gasteiger partial charge on any atom is 2.00 e. The number of aliphatic carboxylic acids is 2. The van der Waals surface area contributed by atoms with Crippen LogP contribution in [0.4, 0.5) is 5.95 Å². The first-order valence-corrected chi connectivity index (χ1v) is 11.1. The van der Waals surface area contributed by atoms with E-state index in [1.165, 1.54) is 0 Å². The molecule has 4 aromatic rings. The predicted molar refractivity (Wildman–Crippen MR) is 139 cm³/mol. The summed E-state index contributed by atoms with van der Waals surface area (Å²) in [7, 11) is 0. The topological polar surface area (TPSA) is 148 Å². The molecule has 12 heteroatoms. The molecule has 0 saturated carbocycles. The van der Waals surface area contributed by atoms with Gasteiger partial charge in [-0.1, -0.05) is 84.4 Å². The molecule has 0 radical (unpaired) electrons. The third kappa shape index (κ3) is 11.7. The van der Waals surface area contributed by atoms with Gasteiger partial charge in [0.05, 0.1) is 17.5 Å². The van der Waals surface area contributed by atoms with E-state index in [-0.39, 0.29) is 19.5 Å². The van der Waals surface area contributed by atoms with Crippen LogP contribution >= 0.6 is 11.6 Å². The van der Waals surface area contributed by atoms with Crippen molar-refractivity contribution in [2.75, 3.05) is 5.43 Å². The molecule has 190 valence electrons. The van der Waals surface area contributed by atoms with Gasteiger partial charge in [0.1, 0.15) is 0 Å². The minimum atomic E-state index is -1.08. The van der Waals surface area contributed by atoms with Gasteiger partial charge in [-0.25, -0.2) is 5.43 Å². The normalized spacial score (nSPS) is 9.97. The van der Waals surface area contributed by atoms with Gasteiger partial charge in [-0.3, -0.25) is 0 Å². The number of hydrazone groups is 1. The third-order valence-electron chi connectivity index (χ3n) is 4.06. The number of nitrogens with zero attached hydrogens (tertiary/aromatic N) is 5. The molecule has 0 bridgehead atoms. The molecule has 38 heavy (non-hydrogen) atoms. The molecule has 1 heterocycles. The van der Waals surface area contributed by atoms with Crippen LogP contribution in [0.2, 0.25) is 5.02 Å². The zero-order chi connectivity index (χ0) is 27.0. The number of carbonyl (C=O) groups excluding carboxylic acids is 2. The standard InChI is InChI=1S/C22H17ClN6.2C2H4O2.Zn/c23-20-14-8-7-13-19(20)21-26-28-22(27-24-15-17-9-3-1-4-10-17)29(21)25-16-18-11-5-2-6-12-18;2*1-2(3)4;/h1-16H,(H,27,28);2*1H3,(H,3,4);/q;;;+2/p-2/b24-15-,25-16-;;;. The first-order valence-electron chi connectivity index (χ1n) is 10.8. The minimum Gasteiger partial charge on any atom is -0.550 e. The Labute approximate surface area is 237 Å². The molecule has 0 aliphatic rings. The van der Waals surface area contributed by atoms with Crippen molar-refractivity contribution < 1.29 is 39.3 Å². The molecule has 0 fully saturated rings. The quantitative estimate of drug-likeness (QED) is 0.208.